The van der Waals surface area contributed by atoms with E-state index < -0.39 is 5.92 Å². The Kier molecular flexibility index (Phi) is 5.35. The average molecular weight is 417 g/mol. The fraction of sp³-hybridized carbons (Fsp3) is 0.526. The number of hydrogen-bond acceptors (Lipinski definition) is 7. The van der Waals surface area contributed by atoms with Crippen LogP contribution in [0, 0.1) is 13.8 Å². The number of nitrogens with one attached hydrogen (secondary N) is 2. The van der Waals surface area contributed by atoms with Crippen LogP contribution in [0.3, 0.4) is 0 Å². The minimum Gasteiger partial charge on any atom is -0.367 e. The molecule has 3 aromatic rings. The number of aryl methyl sites for hydroxylation is 3. The third kappa shape index (κ3) is 4.71. The van der Waals surface area contributed by atoms with Crippen molar-refractivity contribution < 1.29 is 8.78 Å². The summed E-state index contributed by atoms with van der Waals surface area (Å²) in [6.07, 6.45) is 2.25. The molecule has 1 fully saturated rings. The molecule has 0 bridgehead atoms. The summed E-state index contributed by atoms with van der Waals surface area (Å²) in [6.45, 7) is 4.27. The lowest BCUT2D eigenvalue weighted by Crippen LogP contribution is -2.32. The Morgan fingerprint density at radius 2 is 1.83 bits per heavy atom. The van der Waals surface area contributed by atoms with Crippen molar-refractivity contribution >= 4 is 11.6 Å². The SMILES string of the molecule is Cc1cc(C)n(-c2nc(NCc3cnn(C)n3)cc(NC3CCC(F)(F)CC3)n2)n1. The van der Waals surface area contributed by atoms with Crippen LogP contribution >= 0.6 is 0 Å². The first-order valence-corrected chi connectivity index (χ1v) is 9.93. The summed E-state index contributed by atoms with van der Waals surface area (Å²) < 4.78 is 28.6. The molecule has 3 heterocycles. The number of aromatic nitrogens is 7. The van der Waals surface area contributed by atoms with Crippen LogP contribution in [0.2, 0.25) is 0 Å². The van der Waals surface area contributed by atoms with Crippen molar-refractivity contribution in [2.75, 3.05) is 10.6 Å². The molecule has 9 nitrogen and oxygen atoms in total. The molecule has 0 unspecified atom stereocenters. The molecule has 0 atom stereocenters. The summed E-state index contributed by atoms with van der Waals surface area (Å²) in [5, 5.41) is 19.3. The molecule has 0 amide bonds. The van der Waals surface area contributed by atoms with Gasteiger partial charge in [0.15, 0.2) is 0 Å². The molecule has 1 saturated carbocycles. The zero-order valence-corrected chi connectivity index (χ0v) is 17.2. The first-order chi connectivity index (χ1) is 14.3. The number of anilines is 2. The van der Waals surface area contributed by atoms with Crippen molar-refractivity contribution in [3.05, 3.63) is 35.4 Å². The Labute approximate surface area is 172 Å². The van der Waals surface area contributed by atoms with Gasteiger partial charge in [0.1, 0.15) is 17.3 Å². The topological polar surface area (TPSA) is 98.4 Å². The van der Waals surface area contributed by atoms with Crippen molar-refractivity contribution in [3.63, 3.8) is 0 Å². The van der Waals surface area contributed by atoms with Gasteiger partial charge in [0.05, 0.1) is 18.4 Å². The van der Waals surface area contributed by atoms with Crippen LogP contribution in [0.1, 0.15) is 42.8 Å². The van der Waals surface area contributed by atoms with Gasteiger partial charge in [-0.2, -0.15) is 30.1 Å². The lowest BCUT2D eigenvalue weighted by molar-refractivity contribution is -0.0361. The smallest absolute Gasteiger partial charge is 0.254 e. The van der Waals surface area contributed by atoms with Gasteiger partial charge in [0, 0.05) is 37.7 Å². The van der Waals surface area contributed by atoms with Gasteiger partial charge in [-0.25, -0.2) is 13.5 Å². The van der Waals surface area contributed by atoms with E-state index in [0.717, 1.165) is 17.1 Å². The molecular formula is C19H25F2N9. The summed E-state index contributed by atoms with van der Waals surface area (Å²) >= 11 is 0. The second kappa shape index (κ2) is 7.96. The van der Waals surface area contributed by atoms with E-state index in [4.69, 9.17) is 0 Å². The Balaban J connectivity index is 1.58. The van der Waals surface area contributed by atoms with Crippen molar-refractivity contribution in [3.8, 4) is 5.95 Å². The second-order valence-electron chi connectivity index (χ2n) is 7.73. The molecule has 0 aromatic carbocycles. The molecule has 0 spiro atoms. The third-order valence-corrected chi connectivity index (χ3v) is 5.08. The van der Waals surface area contributed by atoms with Gasteiger partial charge in [-0.3, -0.25) is 0 Å². The van der Waals surface area contributed by atoms with Crippen LogP contribution in [-0.4, -0.2) is 46.7 Å². The van der Waals surface area contributed by atoms with E-state index in [1.165, 1.54) is 4.80 Å². The molecule has 3 aromatic heterocycles. The molecule has 30 heavy (non-hydrogen) atoms. The summed E-state index contributed by atoms with van der Waals surface area (Å²) in [4.78, 5) is 10.7. The van der Waals surface area contributed by atoms with Gasteiger partial charge < -0.3 is 10.6 Å². The van der Waals surface area contributed by atoms with Crippen molar-refractivity contribution in [2.24, 2.45) is 7.05 Å². The van der Waals surface area contributed by atoms with E-state index >= 15 is 0 Å². The summed E-state index contributed by atoms with van der Waals surface area (Å²) in [5.74, 6) is -0.998. The Morgan fingerprint density at radius 1 is 1.10 bits per heavy atom. The van der Waals surface area contributed by atoms with Crippen LogP contribution in [0.4, 0.5) is 20.4 Å². The minimum atomic E-state index is -2.57. The summed E-state index contributed by atoms with van der Waals surface area (Å²) in [6, 6.07) is 3.66. The standard InChI is InChI=1S/C19H25F2N9/c1-12-8-13(2)30(27-12)18-25-16(22-10-15-11-23-29(3)28-15)9-17(26-18)24-14-4-6-19(20,21)7-5-14/h8-9,11,14H,4-7,10H2,1-3H3,(H2,22,24,25,26). The Bertz CT molecular complexity index is 1020. The third-order valence-electron chi connectivity index (χ3n) is 5.08. The minimum absolute atomic E-state index is 0.0549. The summed E-state index contributed by atoms with van der Waals surface area (Å²) in [7, 11) is 1.75. The van der Waals surface area contributed by atoms with E-state index in [0.29, 0.717) is 37.0 Å². The Morgan fingerprint density at radius 3 is 2.47 bits per heavy atom. The zero-order chi connectivity index (χ0) is 21.3. The fourth-order valence-electron chi connectivity index (χ4n) is 3.57. The first-order valence-electron chi connectivity index (χ1n) is 9.93. The highest BCUT2D eigenvalue weighted by Gasteiger charge is 2.35. The van der Waals surface area contributed by atoms with E-state index in [9.17, 15) is 8.78 Å². The number of nitrogens with zero attached hydrogens (tertiary/aromatic N) is 7. The monoisotopic (exact) mass is 417 g/mol. The predicted molar refractivity (Wildman–Crippen MR) is 108 cm³/mol. The molecule has 0 saturated heterocycles. The average Bonchev–Trinajstić information content (AvgIpc) is 3.26. The molecule has 4 rings (SSSR count). The van der Waals surface area contributed by atoms with E-state index in [1.807, 2.05) is 19.9 Å². The number of rotatable bonds is 6. The highest BCUT2D eigenvalue weighted by Crippen LogP contribution is 2.34. The lowest BCUT2D eigenvalue weighted by atomic mass is 9.92. The van der Waals surface area contributed by atoms with Gasteiger partial charge in [-0.15, -0.1) is 0 Å². The highest BCUT2D eigenvalue weighted by atomic mass is 19.3. The molecule has 0 radical (unpaired) electrons. The van der Waals surface area contributed by atoms with E-state index in [-0.39, 0.29) is 18.9 Å². The first kappa shape index (κ1) is 20.2. The number of alkyl halides is 2. The largest absolute Gasteiger partial charge is 0.367 e. The van der Waals surface area contributed by atoms with Crippen molar-refractivity contribution in [1.29, 1.82) is 0 Å². The maximum atomic E-state index is 13.5. The van der Waals surface area contributed by atoms with Crippen molar-refractivity contribution in [2.45, 2.75) is 58.0 Å². The number of hydrogen-bond donors (Lipinski definition) is 2. The molecular weight excluding hydrogens is 392 g/mol. The molecule has 1 aliphatic rings. The maximum absolute atomic E-state index is 13.5. The quantitative estimate of drug-likeness (QED) is 0.636. The van der Waals surface area contributed by atoms with Crippen LogP contribution in [-0.2, 0) is 13.6 Å². The molecule has 11 heteroatoms. The van der Waals surface area contributed by atoms with Gasteiger partial charge in [0.2, 0.25) is 5.92 Å². The van der Waals surface area contributed by atoms with Crippen LogP contribution in [0.25, 0.3) is 5.95 Å². The van der Waals surface area contributed by atoms with Gasteiger partial charge in [-0.05, 0) is 32.8 Å². The van der Waals surface area contributed by atoms with Crippen LogP contribution in [0.5, 0.6) is 0 Å². The van der Waals surface area contributed by atoms with Crippen LogP contribution in [0.15, 0.2) is 18.3 Å². The van der Waals surface area contributed by atoms with Crippen LogP contribution < -0.4 is 10.6 Å². The lowest BCUT2D eigenvalue weighted by Gasteiger charge is -2.29. The maximum Gasteiger partial charge on any atom is 0.254 e. The molecule has 1 aliphatic carbocycles. The van der Waals surface area contributed by atoms with Crippen molar-refractivity contribution in [1.82, 2.24) is 34.7 Å². The normalized spacial score (nSPS) is 16.6. The second-order valence-corrected chi connectivity index (χ2v) is 7.73. The molecule has 160 valence electrons. The Hall–Kier alpha value is -3.11. The van der Waals surface area contributed by atoms with Gasteiger partial charge in [-0.1, -0.05) is 0 Å². The number of halogens is 2. The fourth-order valence-corrected chi connectivity index (χ4v) is 3.57. The van der Waals surface area contributed by atoms with E-state index in [2.05, 4.69) is 35.9 Å². The molecule has 2 N–H and O–H groups in total. The van der Waals surface area contributed by atoms with E-state index in [1.54, 1.807) is 24.0 Å². The predicted octanol–water partition coefficient (Wildman–Crippen LogP) is 3.01. The summed E-state index contributed by atoms with van der Waals surface area (Å²) in [5.41, 5.74) is 2.53. The van der Waals surface area contributed by atoms with Gasteiger partial charge in [0.25, 0.3) is 5.95 Å². The highest BCUT2D eigenvalue weighted by molar-refractivity contribution is 5.50. The zero-order valence-electron chi connectivity index (χ0n) is 17.2. The molecule has 0 aliphatic heterocycles. The van der Waals surface area contributed by atoms with Gasteiger partial charge >= 0.3 is 0 Å².